The summed E-state index contributed by atoms with van der Waals surface area (Å²) in [4.78, 5) is 15.7. The fraction of sp³-hybridized carbons (Fsp3) is 0.231. The number of ether oxygens (including phenoxy) is 2. The number of carbonyl (C=O) groups is 1. The minimum absolute atomic E-state index is 0.218. The van der Waals surface area contributed by atoms with E-state index in [4.69, 9.17) is 15.2 Å². The number of para-hydroxylation sites is 2. The summed E-state index contributed by atoms with van der Waals surface area (Å²) >= 11 is 1.23. The molecule has 0 aliphatic carbocycles. The first kappa shape index (κ1) is 12.7. The first-order valence-corrected chi connectivity index (χ1v) is 6.98. The summed E-state index contributed by atoms with van der Waals surface area (Å²) in [5, 5.41) is 4.76. The molecule has 1 atom stereocenters. The highest BCUT2D eigenvalue weighted by molar-refractivity contribution is 7.13. The molecule has 2 heterocycles. The number of rotatable bonds is 3. The number of hydrogen-bond acceptors (Lipinski definition) is 6. The Morgan fingerprint density at radius 3 is 3.00 bits per heavy atom. The zero-order chi connectivity index (χ0) is 13.9. The molecule has 0 spiro atoms. The molecule has 0 saturated carbocycles. The average Bonchev–Trinajstić information content (AvgIpc) is 2.91. The number of aromatic nitrogens is 1. The highest BCUT2D eigenvalue weighted by atomic mass is 32.1. The average molecular weight is 291 g/mol. The summed E-state index contributed by atoms with van der Waals surface area (Å²) in [5.74, 6) is 1.15. The molecule has 20 heavy (non-hydrogen) atoms. The van der Waals surface area contributed by atoms with Gasteiger partial charge in [-0.05, 0) is 12.1 Å². The quantitative estimate of drug-likeness (QED) is 0.890. The van der Waals surface area contributed by atoms with Gasteiger partial charge in [-0.2, -0.15) is 0 Å². The number of hydrogen-bond donors (Lipinski definition) is 2. The molecule has 3 N–H and O–H groups in total. The molecule has 1 aliphatic heterocycles. The third kappa shape index (κ3) is 2.67. The zero-order valence-corrected chi connectivity index (χ0v) is 11.4. The maximum absolute atomic E-state index is 11.8. The third-order valence-corrected chi connectivity index (χ3v) is 3.49. The minimum atomic E-state index is -0.264. The first-order valence-electron chi connectivity index (χ1n) is 6.10. The summed E-state index contributed by atoms with van der Waals surface area (Å²) in [6.07, 6.45) is -0.218. The van der Waals surface area contributed by atoms with Crippen molar-refractivity contribution in [2.24, 2.45) is 0 Å². The number of benzene rings is 1. The summed E-state index contributed by atoms with van der Waals surface area (Å²) in [6, 6.07) is 7.45. The number of carbonyl (C=O) groups excluding carboxylic acids is 1. The molecule has 0 bridgehead atoms. The predicted octanol–water partition coefficient (Wildman–Crippen LogP) is 1.30. The van der Waals surface area contributed by atoms with Gasteiger partial charge in [0.05, 0.1) is 6.54 Å². The van der Waals surface area contributed by atoms with Crippen molar-refractivity contribution < 1.29 is 14.3 Å². The molecule has 1 unspecified atom stereocenters. The number of nitrogens with one attached hydrogen (secondary N) is 1. The van der Waals surface area contributed by atoms with E-state index in [0.717, 1.165) is 5.75 Å². The van der Waals surface area contributed by atoms with Gasteiger partial charge >= 0.3 is 0 Å². The van der Waals surface area contributed by atoms with Crippen molar-refractivity contribution >= 4 is 22.4 Å². The molecule has 7 heteroatoms. The Hall–Kier alpha value is -2.28. The van der Waals surface area contributed by atoms with Gasteiger partial charge < -0.3 is 20.5 Å². The summed E-state index contributed by atoms with van der Waals surface area (Å²) in [7, 11) is 0. The third-order valence-electron chi connectivity index (χ3n) is 2.81. The van der Waals surface area contributed by atoms with E-state index in [0.29, 0.717) is 29.7 Å². The summed E-state index contributed by atoms with van der Waals surface area (Å²) in [5.41, 5.74) is 5.81. The Morgan fingerprint density at radius 1 is 1.45 bits per heavy atom. The number of nitrogens with two attached hydrogens (primary N) is 1. The van der Waals surface area contributed by atoms with E-state index in [1.54, 1.807) is 5.38 Å². The topological polar surface area (TPSA) is 86.5 Å². The van der Waals surface area contributed by atoms with Crippen LogP contribution in [0.15, 0.2) is 29.6 Å². The fourth-order valence-corrected chi connectivity index (χ4v) is 2.40. The predicted molar refractivity (Wildman–Crippen MR) is 75.2 cm³/mol. The lowest BCUT2D eigenvalue weighted by Gasteiger charge is -2.26. The Balaban J connectivity index is 1.56. The van der Waals surface area contributed by atoms with Crippen LogP contribution in [0.2, 0.25) is 0 Å². The van der Waals surface area contributed by atoms with E-state index < -0.39 is 0 Å². The standard InChI is InChI=1S/C13H13N3O3S/c14-13-16-9(7-20-13)12(17)15-5-8-6-18-10-3-1-2-4-11(10)19-8/h1-4,7-8H,5-6H2,(H2,14,16)(H,15,17). The van der Waals surface area contributed by atoms with Crippen LogP contribution in [-0.2, 0) is 0 Å². The molecule has 1 aliphatic rings. The van der Waals surface area contributed by atoms with Gasteiger partial charge in [0, 0.05) is 5.38 Å². The van der Waals surface area contributed by atoms with Crippen molar-refractivity contribution in [2.45, 2.75) is 6.10 Å². The summed E-state index contributed by atoms with van der Waals surface area (Å²) in [6.45, 7) is 0.751. The van der Waals surface area contributed by atoms with Crippen LogP contribution in [0.3, 0.4) is 0 Å². The van der Waals surface area contributed by atoms with E-state index in [1.807, 2.05) is 24.3 Å². The van der Waals surface area contributed by atoms with E-state index in [9.17, 15) is 4.79 Å². The van der Waals surface area contributed by atoms with Gasteiger partial charge in [0.15, 0.2) is 16.6 Å². The lowest BCUT2D eigenvalue weighted by Crippen LogP contribution is -2.40. The number of fused-ring (bicyclic) bond motifs is 1. The molecule has 3 rings (SSSR count). The van der Waals surface area contributed by atoms with Gasteiger partial charge in [-0.3, -0.25) is 4.79 Å². The van der Waals surface area contributed by atoms with Crippen molar-refractivity contribution in [3.8, 4) is 11.5 Å². The molecule has 1 aromatic heterocycles. The minimum Gasteiger partial charge on any atom is -0.486 e. The van der Waals surface area contributed by atoms with Gasteiger partial charge in [-0.25, -0.2) is 4.98 Å². The van der Waals surface area contributed by atoms with Crippen LogP contribution in [0.4, 0.5) is 5.13 Å². The number of thiazole rings is 1. The maximum atomic E-state index is 11.8. The van der Waals surface area contributed by atoms with Gasteiger partial charge in [-0.15, -0.1) is 11.3 Å². The largest absolute Gasteiger partial charge is 0.486 e. The van der Waals surface area contributed by atoms with Crippen molar-refractivity contribution in [3.63, 3.8) is 0 Å². The van der Waals surface area contributed by atoms with Crippen LogP contribution < -0.4 is 20.5 Å². The molecule has 104 valence electrons. The van der Waals surface area contributed by atoms with E-state index >= 15 is 0 Å². The van der Waals surface area contributed by atoms with Crippen molar-refractivity contribution in [2.75, 3.05) is 18.9 Å². The van der Waals surface area contributed by atoms with Crippen LogP contribution in [0.5, 0.6) is 11.5 Å². The molecule has 0 saturated heterocycles. The van der Waals surface area contributed by atoms with Crippen molar-refractivity contribution in [1.29, 1.82) is 0 Å². The van der Waals surface area contributed by atoms with E-state index in [2.05, 4.69) is 10.3 Å². The fourth-order valence-electron chi connectivity index (χ4n) is 1.85. The molecule has 1 amide bonds. The van der Waals surface area contributed by atoms with Gasteiger partial charge in [-0.1, -0.05) is 12.1 Å². The number of amides is 1. The first-order chi connectivity index (χ1) is 9.72. The monoisotopic (exact) mass is 291 g/mol. The Bertz CT molecular complexity index is 629. The second kappa shape index (κ2) is 5.38. The normalized spacial score (nSPS) is 16.7. The Labute approximate surface area is 119 Å². The number of nitrogens with zero attached hydrogens (tertiary/aromatic N) is 1. The number of anilines is 1. The van der Waals surface area contributed by atoms with Crippen molar-refractivity contribution in [3.05, 3.63) is 35.3 Å². The highest BCUT2D eigenvalue weighted by Gasteiger charge is 2.21. The van der Waals surface area contributed by atoms with Crippen LogP contribution in [0, 0.1) is 0 Å². The Kier molecular flexibility index (Phi) is 3.42. The highest BCUT2D eigenvalue weighted by Crippen LogP contribution is 2.30. The molecule has 0 radical (unpaired) electrons. The summed E-state index contributed by atoms with van der Waals surface area (Å²) < 4.78 is 11.3. The zero-order valence-electron chi connectivity index (χ0n) is 10.5. The smallest absolute Gasteiger partial charge is 0.270 e. The van der Waals surface area contributed by atoms with E-state index in [1.165, 1.54) is 11.3 Å². The molecule has 2 aromatic rings. The van der Waals surface area contributed by atoms with Gasteiger partial charge in [0.2, 0.25) is 0 Å². The molecule has 1 aromatic carbocycles. The second-order valence-corrected chi connectivity index (χ2v) is 5.17. The molecule has 6 nitrogen and oxygen atoms in total. The van der Waals surface area contributed by atoms with Crippen molar-refractivity contribution in [1.82, 2.24) is 10.3 Å². The van der Waals surface area contributed by atoms with Crippen LogP contribution in [0.25, 0.3) is 0 Å². The lowest BCUT2D eigenvalue weighted by molar-refractivity contribution is 0.0787. The SMILES string of the molecule is Nc1nc(C(=O)NCC2COc3ccccc3O2)cs1. The molecule has 0 fully saturated rings. The van der Waals surface area contributed by atoms with Crippen LogP contribution >= 0.6 is 11.3 Å². The molecular weight excluding hydrogens is 278 g/mol. The van der Waals surface area contributed by atoms with Gasteiger partial charge in [0.1, 0.15) is 18.4 Å². The second-order valence-electron chi connectivity index (χ2n) is 4.28. The lowest BCUT2D eigenvalue weighted by atomic mass is 10.2. The van der Waals surface area contributed by atoms with Gasteiger partial charge in [0.25, 0.3) is 5.91 Å². The van der Waals surface area contributed by atoms with Crippen LogP contribution in [-0.4, -0.2) is 30.1 Å². The molecular formula is C13H13N3O3S. The Morgan fingerprint density at radius 2 is 2.25 bits per heavy atom. The van der Waals surface area contributed by atoms with E-state index in [-0.39, 0.29) is 12.0 Å². The van der Waals surface area contributed by atoms with Crippen LogP contribution in [0.1, 0.15) is 10.5 Å². The number of nitrogen functional groups attached to an aromatic ring is 1. The maximum Gasteiger partial charge on any atom is 0.270 e.